The number of nitrogens with zero attached hydrogens (tertiary/aromatic N) is 2. The Kier molecular flexibility index (Phi) is 7.15. The van der Waals surface area contributed by atoms with E-state index >= 15 is 0 Å². The molecule has 6 nitrogen and oxygen atoms in total. The van der Waals surface area contributed by atoms with Crippen LogP contribution in [0.3, 0.4) is 0 Å². The van der Waals surface area contributed by atoms with Gasteiger partial charge < -0.3 is 19.9 Å². The van der Waals surface area contributed by atoms with E-state index in [0.29, 0.717) is 32.1 Å². The van der Waals surface area contributed by atoms with Gasteiger partial charge in [-0.05, 0) is 38.0 Å². The Bertz CT molecular complexity index is 387. The lowest BCUT2D eigenvalue weighted by Gasteiger charge is -2.36. The molecule has 2 fully saturated rings. The monoisotopic (exact) mass is 325 g/mol. The summed E-state index contributed by atoms with van der Waals surface area (Å²) in [5, 5.41) is 2.91. The van der Waals surface area contributed by atoms with Crippen LogP contribution in [0.15, 0.2) is 0 Å². The molecule has 2 saturated heterocycles. The van der Waals surface area contributed by atoms with E-state index in [1.807, 2.05) is 9.80 Å². The van der Waals surface area contributed by atoms with E-state index in [1.165, 1.54) is 0 Å². The van der Waals surface area contributed by atoms with Crippen molar-refractivity contribution in [1.82, 2.24) is 15.1 Å². The molecular weight excluding hydrogens is 294 g/mol. The Morgan fingerprint density at radius 3 is 2.26 bits per heavy atom. The summed E-state index contributed by atoms with van der Waals surface area (Å²) >= 11 is 0. The SMILES string of the molecule is COCCCNC(=O)N1CCC(C(=O)N2CCC(C)CC2)CC1. The van der Waals surface area contributed by atoms with Crippen LogP contribution in [-0.4, -0.2) is 68.2 Å². The molecule has 0 aromatic heterocycles. The second kappa shape index (κ2) is 9.11. The highest BCUT2D eigenvalue weighted by molar-refractivity contribution is 5.80. The van der Waals surface area contributed by atoms with Crippen LogP contribution in [0.5, 0.6) is 0 Å². The van der Waals surface area contributed by atoms with E-state index in [1.54, 1.807) is 7.11 Å². The molecule has 2 aliphatic heterocycles. The molecule has 0 saturated carbocycles. The van der Waals surface area contributed by atoms with E-state index in [4.69, 9.17) is 4.74 Å². The van der Waals surface area contributed by atoms with Crippen LogP contribution in [0.25, 0.3) is 0 Å². The molecule has 0 spiro atoms. The second-order valence-electron chi connectivity index (χ2n) is 6.85. The van der Waals surface area contributed by atoms with Gasteiger partial charge in [0.1, 0.15) is 0 Å². The summed E-state index contributed by atoms with van der Waals surface area (Å²) in [5.74, 6) is 1.14. The van der Waals surface area contributed by atoms with Gasteiger partial charge in [0.15, 0.2) is 0 Å². The van der Waals surface area contributed by atoms with Gasteiger partial charge >= 0.3 is 6.03 Å². The summed E-state index contributed by atoms with van der Waals surface area (Å²) in [6.45, 7) is 6.71. The Balaban J connectivity index is 1.68. The van der Waals surface area contributed by atoms with Gasteiger partial charge in [0.25, 0.3) is 0 Å². The molecule has 0 aromatic carbocycles. The predicted octanol–water partition coefficient (Wildman–Crippen LogP) is 1.70. The molecule has 2 aliphatic rings. The van der Waals surface area contributed by atoms with Crippen molar-refractivity contribution in [2.75, 3.05) is 46.4 Å². The minimum atomic E-state index is -0.0150. The van der Waals surface area contributed by atoms with Crippen molar-refractivity contribution in [1.29, 1.82) is 0 Å². The average Bonchev–Trinajstić information content (AvgIpc) is 2.59. The Morgan fingerprint density at radius 2 is 1.65 bits per heavy atom. The van der Waals surface area contributed by atoms with E-state index in [0.717, 1.165) is 51.1 Å². The van der Waals surface area contributed by atoms with Crippen LogP contribution < -0.4 is 5.32 Å². The Labute approximate surface area is 139 Å². The second-order valence-corrected chi connectivity index (χ2v) is 6.85. The van der Waals surface area contributed by atoms with Crippen LogP contribution in [0.4, 0.5) is 4.79 Å². The van der Waals surface area contributed by atoms with Crippen molar-refractivity contribution < 1.29 is 14.3 Å². The highest BCUT2D eigenvalue weighted by atomic mass is 16.5. The van der Waals surface area contributed by atoms with Gasteiger partial charge in [0.05, 0.1) is 0 Å². The van der Waals surface area contributed by atoms with Crippen molar-refractivity contribution >= 4 is 11.9 Å². The molecule has 0 atom stereocenters. The fourth-order valence-corrected chi connectivity index (χ4v) is 3.34. The van der Waals surface area contributed by atoms with E-state index in [2.05, 4.69) is 12.2 Å². The lowest BCUT2D eigenvalue weighted by Crippen LogP contribution is -2.48. The third-order valence-corrected chi connectivity index (χ3v) is 5.03. The number of carbonyl (C=O) groups excluding carboxylic acids is 2. The largest absolute Gasteiger partial charge is 0.385 e. The van der Waals surface area contributed by atoms with E-state index in [9.17, 15) is 9.59 Å². The first kappa shape index (κ1) is 18.0. The predicted molar refractivity (Wildman–Crippen MR) is 89.2 cm³/mol. The van der Waals surface area contributed by atoms with Gasteiger partial charge in [-0.15, -0.1) is 0 Å². The summed E-state index contributed by atoms with van der Waals surface area (Å²) < 4.78 is 4.97. The van der Waals surface area contributed by atoms with Gasteiger partial charge in [0, 0.05) is 52.4 Å². The van der Waals surface area contributed by atoms with E-state index in [-0.39, 0.29) is 11.9 Å². The van der Waals surface area contributed by atoms with E-state index < -0.39 is 0 Å². The zero-order valence-corrected chi connectivity index (χ0v) is 14.6. The lowest BCUT2D eigenvalue weighted by molar-refractivity contribution is -0.138. The summed E-state index contributed by atoms with van der Waals surface area (Å²) in [6, 6.07) is -0.0150. The van der Waals surface area contributed by atoms with Crippen molar-refractivity contribution in [3.63, 3.8) is 0 Å². The normalized spacial score (nSPS) is 20.6. The number of amides is 3. The van der Waals surface area contributed by atoms with Crippen LogP contribution in [0, 0.1) is 11.8 Å². The highest BCUT2D eigenvalue weighted by Crippen LogP contribution is 2.23. The number of piperidine rings is 2. The van der Waals surface area contributed by atoms with Gasteiger partial charge in [-0.2, -0.15) is 0 Å². The number of rotatable bonds is 5. The maximum Gasteiger partial charge on any atom is 0.317 e. The van der Waals surface area contributed by atoms with Crippen molar-refractivity contribution in [3.05, 3.63) is 0 Å². The molecule has 23 heavy (non-hydrogen) atoms. The first-order valence-corrected chi connectivity index (χ1v) is 8.92. The highest BCUT2D eigenvalue weighted by Gasteiger charge is 2.31. The summed E-state index contributed by atoms with van der Waals surface area (Å²) in [5.41, 5.74) is 0. The topological polar surface area (TPSA) is 61.9 Å². The first-order chi connectivity index (χ1) is 11.1. The number of ether oxygens (including phenoxy) is 1. The molecule has 0 aromatic rings. The first-order valence-electron chi connectivity index (χ1n) is 8.92. The van der Waals surface area contributed by atoms with Crippen molar-refractivity contribution in [3.8, 4) is 0 Å². The molecule has 6 heteroatoms. The van der Waals surface area contributed by atoms with Gasteiger partial charge in [-0.1, -0.05) is 6.92 Å². The third kappa shape index (κ3) is 5.37. The number of likely N-dealkylation sites (tertiary alicyclic amines) is 2. The number of urea groups is 1. The fraction of sp³-hybridized carbons (Fsp3) is 0.882. The molecule has 0 radical (unpaired) electrons. The number of nitrogens with one attached hydrogen (secondary N) is 1. The quantitative estimate of drug-likeness (QED) is 0.783. The number of hydrogen-bond acceptors (Lipinski definition) is 3. The van der Waals surface area contributed by atoms with Crippen LogP contribution in [-0.2, 0) is 9.53 Å². The average molecular weight is 325 g/mol. The molecule has 0 aliphatic carbocycles. The smallest absolute Gasteiger partial charge is 0.317 e. The van der Waals surface area contributed by atoms with Gasteiger partial charge in [0.2, 0.25) is 5.91 Å². The third-order valence-electron chi connectivity index (χ3n) is 5.03. The number of methoxy groups -OCH3 is 1. The van der Waals surface area contributed by atoms with Crippen LogP contribution in [0.1, 0.15) is 39.0 Å². The molecule has 0 unspecified atom stereocenters. The molecule has 2 heterocycles. The number of carbonyl (C=O) groups is 2. The Hall–Kier alpha value is -1.30. The lowest BCUT2D eigenvalue weighted by atomic mass is 9.93. The molecule has 132 valence electrons. The molecule has 2 rings (SSSR count). The maximum atomic E-state index is 12.6. The maximum absolute atomic E-state index is 12.6. The van der Waals surface area contributed by atoms with Crippen LogP contribution >= 0.6 is 0 Å². The summed E-state index contributed by atoms with van der Waals surface area (Å²) in [6.07, 6.45) is 4.64. The standard InChI is InChI=1S/C17H31N3O3/c1-14-4-9-19(10-5-14)16(21)15-6-11-20(12-7-15)17(22)18-8-3-13-23-2/h14-15H,3-13H2,1-2H3,(H,18,22). The molecule has 3 amide bonds. The minimum absolute atomic E-state index is 0.0150. The van der Waals surface area contributed by atoms with Crippen LogP contribution in [0.2, 0.25) is 0 Å². The zero-order chi connectivity index (χ0) is 16.7. The molecular formula is C17H31N3O3. The molecule has 0 bridgehead atoms. The minimum Gasteiger partial charge on any atom is -0.385 e. The Morgan fingerprint density at radius 1 is 1.04 bits per heavy atom. The van der Waals surface area contributed by atoms with Gasteiger partial charge in [-0.25, -0.2) is 4.79 Å². The number of hydrogen-bond donors (Lipinski definition) is 1. The summed E-state index contributed by atoms with van der Waals surface area (Å²) in [4.78, 5) is 28.5. The summed E-state index contributed by atoms with van der Waals surface area (Å²) in [7, 11) is 1.66. The molecule has 1 N–H and O–H groups in total. The van der Waals surface area contributed by atoms with Crippen molar-refractivity contribution in [2.24, 2.45) is 11.8 Å². The fourth-order valence-electron chi connectivity index (χ4n) is 3.34. The zero-order valence-electron chi connectivity index (χ0n) is 14.6. The van der Waals surface area contributed by atoms with Gasteiger partial charge in [-0.3, -0.25) is 4.79 Å². The van der Waals surface area contributed by atoms with Crippen molar-refractivity contribution in [2.45, 2.75) is 39.0 Å².